The van der Waals surface area contributed by atoms with Crippen molar-refractivity contribution in [2.45, 2.75) is 54.4 Å². The van der Waals surface area contributed by atoms with Crippen LogP contribution in [-0.4, -0.2) is 0 Å². The number of fused-ring (bicyclic) bond motifs is 3. The first-order chi connectivity index (χ1) is 17.2. The predicted molar refractivity (Wildman–Crippen MR) is 152 cm³/mol. The first kappa shape index (κ1) is 23.0. The van der Waals surface area contributed by atoms with Crippen molar-refractivity contribution in [3.8, 4) is 0 Å². The summed E-state index contributed by atoms with van der Waals surface area (Å²) in [4.78, 5) is 0. The molecule has 5 aromatic rings. The van der Waals surface area contributed by atoms with Crippen molar-refractivity contribution in [2.24, 2.45) is 18.9 Å². The molecule has 1 aliphatic rings. The van der Waals surface area contributed by atoms with Gasteiger partial charge in [-0.25, -0.2) is 4.57 Å². The molecule has 2 aromatic heterocycles. The summed E-state index contributed by atoms with van der Waals surface area (Å²) in [6.07, 6.45) is 4.38. The standard InChI is InChI=1S/C34H36NO/c1-19(2)14-23-17-24-12-13-35(7)33-31(24)27(18-23)26(15-20(3)4)32(33)30-22(6)21(5)16-28-25-10-8-9-11-29(25)36-34(28)30/h8-13,16-20H,14-15H2,1-7H3/q+1. The van der Waals surface area contributed by atoms with E-state index < -0.39 is 0 Å². The van der Waals surface area contributed by atoms with Crippen LogP contribution < -0.4 is 4.57 Å². The summed E-state index contributed by atoms with van der Waals surface area (Å²) in [6.45, 7) is 13.8. The van der Waals surface area contributed by atoms with E-state index in [4.69, 9.17) is 4.42 Å². The van der Waals surface area contributed by atoms with Crippen LogP contribution in [0.5, 0.6) is 0 Å². The zero-order valence-corrected chi connectivity index (χ0v) is 22.6. The van der Waals surface area contributed by atoms with Gasteiger partial charge in [0, 0.05) is 22.4 Å². The third-order valence-electron chi connectivity index (χ3n) is 7.85. The van der Waals surface area contributed by atoms with Crippen LogP contribution in [0.4, 0.5) is 0 Å². The Labute approximate surface area is 214 Å². The maximum absolute atomic E-state index is 6.65. The second kappa shape index (κ2) is 8.34. The van der Waals surface area contributed by atoms with E-state index in [1.54, 1.807) is 0 Å². The van der Waals surface area contributed by atoms with Crippen LogP contribution >= 0.6 is 0 Å². The van der Waals surface area contributed by atoms with Crippen molar-refractivity contribution in [3.05, 3.63) is 88.2 Å². The molecule has 0 amide bonds. The molecular formula is C34H36NO+. The fourth-order valence-corrected chi connectivity index (χ4v) is 6.25. The Morgan fingerprint density at radius 2 is 1.61 bits per heavy atom. The van der Waals surface area contributed by atoms with Gasteiger partial charge in [0.05, 0.1) is 11.0 Å². The molecule has 0 aliphatic heterocycles. The van der Waals surface area contributed by atoms with Crippen molar-refractivity contribution in [2.75, 3.05) is 0 Å². The number of pyridine rings is 1. The molecule has 182 valence electrons. The third kappa shape index (κ3) is 3.42. The quantitative estimate of drug-likeness (QED) is 0.233. The number of rotatable bonds is 5. The average molecular weight is 475 g/mol. The van der Waals surface area contributed by atoms with Gasteiger partial charge in [-0.3, -0.25) is 0 Å². The smallest absolute Gasteiger partial charge is 0.221 e. The van der Waals surface area contributed by atoms with Gasteiger partial charge >= 0.3 is 0 Å². The fourth-order valence-electron chi connectivity index (χ4n) is 6.25. The van der Waals surface area contributed by atoms with Crippen LogP contribution in [0.2, 0.25) is 0 Å². The lowest BCUT2D eigenvalue weighted by Gasteiger charge is -2.15. The topological polar surface area (TPSA) is 17.0 Å². The van der Waals surface area contributed by atoms with Crippen LogP contribution in [0.25, 0.3) is 43.9 Å². The summed E-state index contributed by atoms with van der Waals surface area (Å²) in [5.74, 6) is 1.18. The number of hydrogen-bond acceptors (Lipinski definition) is 1. The third-order valence-corrected chi connectivity index (χ3v) is 7.85. The fraction of sp³-hybridized carbons (Fsp3) is 0.324. The Morgan fingerprint density at radius 1 is 0.861 bits per heavy atom. The van der Waals surface area contributed by atoms with E-state index in [1.807, 2.05) is 0 Å². The highest BCUT2D eigenvalue weighted by Crippen LogP contribution is 2.50. The predicted octanol–water partition coefficient (Wildman–Crippen LogP) is 8.70. The Hall–Kier alpha value is -3.39. The Balaban J connectivity index is 1.77. The number of aryl methyl sites for hydroxylation is 2. The van der Waals surface area contributed by atoms with Gasteiger partial charge in [0.2, 0.25) is 5.69 Å². The highest BCUT2D eigenvalue weighted by molar-refractivity contribution is 6.20. The van der Waals surface area contributed by atoms with E-state index in [-0.39, 0.29) is 0 Å². The second-order valence-corrected chi connectivity index (χ2v) is 11.6. The molecule has 0 radical (unpaired) electrons. The molecule has 6 rings (SSSR count). The minimum Gasteiger partial charge on any atom is -0.455 e. The molecule has 3 aromatic carbocycles. The zero-order valence-electron chi connectivity index (χ0n) is 22.6. The molecule has 0 saturated carbocycles. The van der Waals surface area contributed by atoms with E-state index in [2.05, 4.69) is 108 Å². The van der Waals surface area contributed by atoms with Crippen molar-refractivity contribution >= 4 is 43.9 Å². The van der Waals surface area contributed by atoms with E-state index in [0.717, 1.165) is 24.0 Å². The first-order valence-electron chi connectivity index (χ1n) is 13.4. The number of allylic oxidation sites excluding steroid dienone is 1. The molecule has 2 nitrogen and oxygen atoms in total. The monoisotopic (exact) mass is 474 g/mol. The second-order valence-electron chi connectivity index (χ2n) is 11.6. The minimum atomic E-state index is 0.551. The molecule has 0 spiro atoms. The van der Waals surface area contributed by atoms with Gasteiger partial charge in [-0.1, -0.05) is 58.0 Å². The van der Waals surface area contributed by atoms with Gasteiger partial charge in [-0.05, 0) is 83.9 Å². The highest BCUT2D eigenvalue weighted by atomic mass is 16.3. The highest BCUT2D eigenvalue weighted by Gasteiger charge is 2.35. The van der Waals surface area contributed by atoms with Crippen LogP contribution in [0.1, 0.15) is 67.6 Å². The Bertz CT molecular complexity index is 1710. The van der Waals surface area contributed by atoms with Crippen molar-refractivity contribution in [1.29, 1.82) is 0 Å². The Kier molecular flexibility index (Phi) is 5.33. The molecule has 0 saturated heterocycles. The zero-order chi connectivity index (χ0) is 25.3. The molecule has 0 fully saturated rings. The number of furan rings is 1. The molecule has 36 heavy (non-hydrogen) atoms. The average Bonchev–Trinajstić information content (AvgIpc) is 3.33. The van der Waals surface area contributed by atoms with E-state index >= 15 is 0 Å². The molecule has 2 heteroatoms. The van der Waals surface area contributed by atoms with Crippen LogP contribution in [0.15, 0.2) is 59.1 Å². The van der Waals surface area contributed by atoms with Crippen LogP contribution in [0, 0.1) is 25.7 Å². The van der Waals surface area contributed by atoms with Gasteiger partial charge < -0.3 is 4.42 Å². The number of benzene rings is 3. The normalized spacial score (nSPS) is 13.5. The number of aromatic nitrogens is 1. The van der Waals surface area contributed by atoms with Gasteiger partial charge in [0.25, 0.3) is 0 Å². The van der Waals surface area contributed by atoms with Crippen molar-refractivity contribution in [1.82, 2.24) is 0 Å². The molecule has 0 unspecified atom stereocenters. The Morgan fingerprint density at radius 3 is 2.36 bits per heavy atom. The summed E-state index contributed by atoms with van der Waals surface area (Å²) in [7, 11) is 2.19. The van der Waals surface area contributed by atoms with E-state index in [9.17, 15) is 0 Å². The lowest BCUT2D eigenvalue weighted by molar-refractivity contribution is -0.672. The van der Waals surface area contributed by atoms with Gasteiger partial charge in [-0.2, -0.15) is 0 Å². The number of nitrogens with zero attached hydrogens (tertiary/aromatic N) is 1. The lowest BCUT2D eigenvalue weighted by Crippen LogP contribution is -2.32. The SMILES string of the molecule is Cc1cc2c(oc3ccccc32)c(C2=C(CC(C)C)c3cc(CC(C)C)cc4cc[n+](C)c2c34)c1C. The van der Waals surface area contributed by atoms with Gasteiger partial charge in [0.15, 0.2) is 6.20 Å². The summed E-state index contributed by atoms with van der Waals surface area (Å²) < 4.78 is 8.98. The summed E-state index contributed by atoms with van der Waals surface area (Å²) in [5, 5.41) is 5.15. The van der Waals surface area contributed by atoms with Crippen LogP contribution in [0.3, 0.4) is 0 Å². The van der Waals surface area contributed by atoms with E-state index in [1.165, 1.54) is 66.2 Å². The maximum atomic E-state index is 6.65. The number of hydrogen-bond donors (Lipinski definition) is 0. The molecule has 1 aliphatic carbocycles. The molecular weight excluding hydrogens is 438 g/mol. The first-order valence-corrected chi connectivity index (χ1v) is 13.4. The van der Waals surface area contributed by atoms with Crippen LogP contribution in [-0.2, 0) is 13.5 Å². The van der Waals surface area contributed by atoms with Crippen molar-refractivity contribution < 1.29 is 8.98 Å². The van der Waals surface area contributed by atoms with Gasteiger partial charge in [-0.15, -0.1) is 0 Å². The van der Waals surface area contributed by atoms with E-state index in [0.29, 0.717) is 11.8 Å². The lowest BCUT2D eigenvalue weighted by atomic mass is 9.87. The maximum Gasteiger partial charge on any atom is 0.221 e. The minimum absolute atomic E-state index is 0.551. The largest absolute Gasteiger partial charge is 0.455 e. The summed E-state index contributed by atoms with van der Waals surface area (Å²) >= 11 is 0. The molecule has 2 heterocycles. The summed E-state index contributed by atoms with van der Waals surface area (Å²) in [6, 6.07) is 18.0. The molecule has 0 N–H and O–H groups in total. The van der Waals surface area contributed by atoms with Gasteiger partial charge in [0.1, 0.15) is 18.2 Å². The van der Waals surface area contributed by atoms with Crippen molar-refractivity contribution in [3.63, 3.8) is 0 Å². The number of para-hydroxylation sites is 1. The molecule has 0 bridgehead atoms. The summed E-state index contributed by atoms with van der Waals surface area (Å²) in [5.41, 5.74) is 12.9. The molecule has 0 atom stereocenters.